The van der Waals surface area contributed by atoms with Gasteiger partial charge in [0.15, 0.2) is 5.15 Å². The second-order valence-corrected chi connectivity index (χ2v) is 4.33. The molecular formula is C16H19BrCl2MgN4O2. The van der Waals surface area contributed by atoms with Gasteiger partial charge in [-0.15, -0.1) is 0 Å². The van der Waals surface area contributed by atoms with Crippen LogP contribution < -0.4 is 17.0 Å². The third kappa shape index (κ3) is 9.49. The van der Waals surface area contributed by atoms with Crippen molar-refractivity contribution in [2.45, 2.75) is 14.9 Å². The summed E-state index contributed by atoms with van der Waals surface area (Å²) in [6.07, 6.45) is 4.94. The maximum Gasteiger partial charge on any atom is 2.00 e. The molecule has 3 rings (SSSR count). The number of aromatic amines is 1. The van der Waals surface area contributed by atoms with Gasteiger partial charge < -0.3 is 28.5 Å². The van der Waals surface area contributed by atoms with E-state index in [4.69, 9.17) is 23.2 Å². The van der Waals surface area contributed by atoms with Gasteiger partial charge in [-0.1, -0.05) is 38.1 Å². The summed E-state index contributed by atoms with van der Waals surface area (Å²) in [5, 5.41) is 11.7. The smallest absolute Gasteiger partial charge is 1.00 e. The summed E-state index contributed by atoms with van der Waals surface area (Å²) in [5.41, 5.74) is 0.744. The summed E-state index contributed by atoms with van der Waals surface area (Å²) in [4.78, 5) is 20.0. The predicted molar refractivity (Wildman–Crippen MR) is 106 cm³/mol. The van der Waals surface area contributed by atoms with Gasteiger partial charge in [0.05, 0.1) is 10.4 Å². The Kier molecular flexibility index (Phi) is 21.5. The van der Waals surface area contributed by atoms with Crippen LogP contribution in [-0.2, 0) is 0 Å². The fourth-order valence-corrected chi connectivity index (χ4v) is 1.87. The van der Waals surface area contributed by atoms with E-state index in [0.29, 0.717) is 5.15 Å². The summed E-state index contributed by atoms with van der Waals surface area (Å²) in [6, 6.07) is 6.64. The molecule has 0 spiro atoms. The number of aromatic nitrogens is 3. The van der Waals surface area contributed by atoms with E-state index >= 15 is 0 Å². The molecule has 0 saturated heterocycles. The molecule has 3 heterocycles. The number of nitrogens with one attached hydrogen (secondary N) is 1. The van der Waals surface area contributed by atoms with Crippen molar-refractivity contribution in [1.29, 1.82) is 0 Å². The van der Waals surface area contributed by atoms with Gasteiger partial charge in [0.1, 0.15) is 0 Å². The van der Waals surface area contributed by atoms with E-state index in [1.807, 2.05) is 18.3 Å². The normalized spacial score (nSPS) is 7.77. The molecular weight excluding hydrogens is 455 g/mol. The average Bonchev–Trinajstić information content (AvgIpc) is 3.00. The largest absolute Gasteiger partial charge is 2.00 e. The number of rotatable bonds is 1. The van der Waals surface area contributed by atoms with Crippen LogP contribution in [0.5, 0.6) is 0 Å². The van der Waals surface area contributed by atoms with Gasteiger partial charge in [0, 0.05) is 30.0 Å². The van der Waals surface area contributed by atoms with E-state index in [9.17, 15) is 10.1 Å². The first-order valence-corrected chi connectivity index (χ1v) is 6.58. The van der Waals surface area contributed by atoms with E-state index in [1.54, 1.807) is 6.20 Å². The monoisotopic (exact) mass is 472 g/mol. The molecule has 6 nitrogen and oxygen atoms in total. The Hall–Kier alpha value is -1.19. The van der Waals surface area contributed by atoms with Crippen LogP contribution in [0.15, 0.2) is 49.4 Å². The molecule has 26 heavy (non-hydrogen) atoms. The van der Waals surface area contributed by atoms with Crippen molar-refractivity contribution in [3.05, 3.63) is 76.4 Å². The van der Waals surface area contributed by atoms with Gasteiger partial charge >= 0.3 is 28.7 Å². The van der Waals surface area contributed by atoms with Crippen molar-refractivity contribution in [2.75, 3.05) is 0 Å². The number of pyridine rings is 2. The Morgan fingerprint density at radius 1 is 1.08 bits per heavy atom. The van der Waals surface area contributed by atoms with Gasteiger partial charge in [0.2, 0.25) is 5.15 Å². The number of nitro groups is 1. The first-order valence-electron chi connectivity index (χ1n) is 5.83. The van der Waals surface area contributed by atoms with Crippen LogP contribution in [-0.4, -0.2) is 42.9 Å². The van der Waals surface area contributed by atoms with Crippen LogP contribution >= 0.6 is 23.2 Å². The summed E-state index contributed by atoms with van der Waals surface area (Å²) in [6.45, 7) is 7.00. The maximum atomic E-state index is 10.1. The number of nitrogens with zero attached hydrogens (tertiary/aromatic N) is 3. The van der Waals surface area contributed by atoms with Crippen molar-refractivity contribution in [1.82, 2.24) is 15.0 Å². The van der Waals surface area contributed by atoms with Crippen LogP contribution in [0, 0.1) is 16.7 Å². The van der Waals surface area contributed by atoms with Crippen LogP contribution in [0.25, 0.3) is 10.9 Å². The Labute approximate surface area is 190 Å². The average molecular weight is 474 g/mol. The van der Waals surface area contributed by atoms with E-state index in [0.717, 1.165) is 10.9 Å². The standard InChI is InChI=1S/C7H5ClN2.C5H3ClN2O2.C2H3.2CH4.BrH.Mg/c8-7-6-5(1-3-9-6)2-4-10-7;6-5-4(8(9)10)2-1-3-7-5;1-2;;;;/h1-4,9H;1-3H;1H,2H2;2*1H4;1H;/q;;-1;;;;+2/p-1. The summed E-state index contributed by atoms with van der Waals surface area (Å²) in [7, 11) is 0. The molecule has 0 atom stereocenters. The fraction of sp³-hybridized carbons (Fsp3) is 0.125. The molecule has 0 aliphatic rings. The summed E-state index contributed by atoms with van der Waals surface area (Å²) < 4.78 is 0. The molecule has 0 saturated carbocycles. The number of halogens is 3. The summed E-state index contributed by atoms with van der Waals surface area (Å²) in [5.74, 6) is 0. The van der Waals surface area contributed by atoms with Crippen LogP contribution in [0.1, 0.15) is 14.9 Å². The maximum absolute atomic E-state index is 10.1. The van der Waals surface area contributed by atoms with Crippen LogP contribution in [0.4, 0.5) is 5.69 Å². The molecule has 0 bridgehead atoms. The third-order valence-electron chi connectivity index (χ3n) is 2.36. The Balaban J connectivity index is -0.000000149. The quantitative estimate of drug-likeness (QED) is 0.193. The molecule has 0 aromatic carbocycles. The predicted octanol–water partition coefficient (Wildman–Crippen LogP) is 2.36. The molecule has 3 aromatic rings. The molecule has 0 unspecified atom stereocenters. The molecule has 3 aromatic heterocycles. The summed E-state index contributed by atoms with van der Waals surface area (Å²) >= 11 is 11.1. The first kappa shape index (κ1) is 32.5. The zero-order valence-electron chi connectivity index (χ0n) is 12.3. The van der Waals surface area contributed by atoms with Gasteiger partial charge in [-0.25, -0.2) is 9.97 Å². The zero-order valence-corrected chi connectivity index (χ0v) is 16.8. The first-order chi connectivity index (χ1) is 10.6. The van der Waals surface area contributed by atoms with E-state index in [1.165, 1.54) is 18.3 Å². The van der Waals surface area contributed by atoms with Gasteiger partial charge in [-0.2, -0.15) is 0 Å². The topological polar surface area (TPSA) is 84.7 Å². The van der Waals surface area contributed by atoms with Crippen LogP contribution in [0.3, 0.4) is 0 Å². The zero-order chi connectivity index (χ0) is 16.5. The Morgan fingerprint density at radius 3 is 2.12 bits per heavy atom. The van der Waals surface area contributed by atoms with Gasteiger partial charge in [0.25, 0.3) is 0 Å². The molecule has 0 radical (unpaired) electrons. The van der Waals surface area contributed by atoms with Crippen molar-refractivity contribution in [3.63, 3.8) is 0 Å². The molecule has 138 valence electrons. The van der Waals surface area contributed by atoms with E-state index in [2.05, 4.69) is 28.1 Å². The number of hydrogen-bond acceptors (Lipinski definition) is 4. The Morgan fingerprint density at radius 2 is 1.65 bits per heavy atom. The second-order valence-electron chi connectivity index (χ2n) is 3.61. The second kappa shape index (κ2) is 17.2. The minimum absolute atomic E-state index is 0. The van der Waals surface area contributed by atoms with Crippen molar-refractivity contribution in [3.8, 4) is 0 Å². The van der Waals surface area contributed by atoms with Crippen molar-refractivity contribution in [2.24, 2.45) is 0 Å². The third-order valence-corrected chi connectivity index (χ3v) is 2.94. The SMILES string of the molecule is C.C.Clc1nccc2cc[nH]c12.O=[N+]([O-])c1cccnc1Cl.[Br-].[CH-]=C.[Mg+2]. The number of H-pyrrole nitrogens is 1. The molecule has 0 aliphatic carbocycles. The molecule has 1 N–H and O–H groups in total. The fourth-order valence-electron chi connectivity index (χ4n) is 1.46. The van der Waals surface area contributed by atoms with Gasteiger partial charge in [-0.05, 0) is 18.2 Å². The van der Waals surface area contributed by atoms with Crippen molar-refractivity contribution < 1.29 is 21.9 Å². The van der Waals surface area contributed by atoms with E-state index in [-0.39, 0.29) is 65.7 Å². The number of hydrogen-bond donors (Lipinski definition) is 1. The molecule has 0 amide bonds. The van der Waals surface area contributed by atoms with Crippen LogP contribution in [0.2, 0.25) is 10.3 Å². The molecule has 10 heteroatoms. The minimum Gasteiger partial charge on any atom is -1.00 e. The minimum atomic E-state index is -0.574. The van der Waals surface area contributed by atoms with E-state index < -0.39 is 4.92 Å². The molecule has 0 aliphatic heterocycles. The van der Waals surface area contributed by atoms with Crippen molar-refractivity contribution >= 4 is 62.8 Å². The number of fused-ring (bicyclic) bond motifs is 1. The Bertz CT molecular complexity index is 775. The van der Waals surface area contributed by atoms with Gasteiger partial charge in [-0.3, -0.25) is 16.7 Å². The molecule has 0 fully saturated rings.